The van der Waals surface area contributed by atoms with Crippen LogP contribution in [-0.4, -0.2) is 17.1 Å². The average Bonchev–Trinajstić information content (AvgIpc) is 2.41. The number of hydrogen-bond donors (Lipinski definition) is 1. The first-order valence-electron chi connectivity index (χ1n) is 5.76. The third-order valence-electron chi connectivity index (χ3n) is 2.72. The molecule has 0 saturated heterocycles. The fraction of sp³-hybridized carbons (Fsp3) is 0.231. The number of hydrogen-bond acceptors (Lipinski definition) is 4. The highest BCUT2D eigenvalue weighted by Gasteiger charge is 2.10. The number of nitrogens with one attached hydrogen (secondary N) is 1. The Kier molecular flexibility index (Phi) is 4.62. The molecule has 0 aliphatic heterocycles. The summed E-state index contributed by atoms with van der Waals surface area (Å²) in [6.45, 7) is 1.95. The molecule has 0 bridgehead atoms. The Labute approximate surface area is 125 Å². The van der Waals surface area contributed by atoms with E-state index >= 15 is 0 Å². The Morgan fingerprint density at radius 3 is 2.75 bits per heavy atom. The minimum atomic E-state index is -0.336. The number of methoxy groups -OCH3 is 1. The molecule has 0 radical (unpaired) electrons. The van der Waals surface area contributed by atoms with Gasteiger partial charge in [0.25, 0.3) is 0 Å². The number of anilines is 1. The molecule has 0 fully saturated rings. The maximum Gasteiger partial charge on any atom is 0.223 e. The van der Waals surface area contributed by atoms with Crippen LogP contribution in [-0.2, 0) is 6.54 Å². The topological polar surface area (TPSA) is 47.0 Å². The van der Waals surface area contributed by atoms with Crippen LogP contribution in [0.25, 0.3) is 0 Å². The third kappa shape index (κ3) is 3.29. The fourth-order valence-corrected chi connectivity index (χ4v) is 2.03. The molecule has 1 aromatic carbocycles. The molecule has 4 nitrogen and oxygen atoms in total. The SMILES string of the molecule is COc1cc(C)c(F)c(NCc2cnc(Cl)nc2Cl)c1. The van der Waals surface area contributed by atoms with Crippen molar-refractivity contribution in [3.8, 4) is 5.75 Å². The van der Waals surface area contributed by atoms with Gasteiger partial charge >= 0.3 is 0 Å². The number of halogens is 3. The number of ether oxygens (including phenoxy) is 1. The molecular weight excluding hydrogens is 304 g/mol. The summed E-state index contributed by atoms with van der Waals surface area (Å²) in [5.74, 6) is 0.238. The largest absolute Gasteiger partial charge is 0.497 e. The van der Waals surface area contributed by atoms with Gasteiger partial charge in [-0.3, -0.25) is 0 Å². The molecule has 7 heteroatoms. The summed E-state index contributed by atoms with van der Waals surface area (Å²) in [6.07, 6.45) is 1.50. The van der Waals surface area contributed by atoms with E-state index in [0.717, 1.165) is 0 Å². The van der Waals surface area contributed by atoms with E-state index in [0.29, 0.717) is 22.6 Å². The van der Waals surface area contributed by atoms with Crippen molar-refractivity contribution >= 4 is 28.9 Å². The molecule has 20 heavy (non-hydrogen) atoms. The second kappa shape index (κ2) is 6.24. The van der Waals surface area contributed by atoms with Crippen molar-refractivity contribution in [1.29, 1.82) is 0 Å². The number of rotatable bonds is 4. The summed E-state index contributed by atoms with van der Waals surface area (Å²) >= 11 is 11.5. The number of aryl methyl sites for hydroxylation is 1. The zero-order valence-corrected chi connectivity index (χ0v) is 12.4. The minimum Gasteiger partial charge on any atom is -0.497 e. The normalized spacial score (nSPS) is 10.4. The smallest absolute Gasteiger partial charge is 0.223 e. The predicted molar refractivity (Wildman–Crippen MR) is 77.1 cm³/mol. The van der Waals surface area contributed by atoms with E-state index in [2.05, 4.69) is 15.3 Å². The van der Waals surface area contributed by atoms with E-state index in [9.17, 15) is 4.39 Å². The van der Waals surface area contributed by atoms with Gasteiger partial charge in [-0.25, -0.2) is 14.4 Å². The molecule has 0 saturated carbocycles. The Bertz CT molecular complexity index is 637. The van der Waals surface area contributed by atoms with Crippen LogP contribution in [0.5, 0.6) is 5.75 Å². The Hall–Kier alpha value is -1.59. The minimum absolute atomic E-state index is 0.0714. The average molecular weight is 316 g/mol. The van der Waals surface area contributed by atoms with Crippen molar-refractivity contribution in [3.05, 3.63) is 45.7 Å². The number of aromatic nitrogens is 2. The molecule has 1 N–H and O–H groups in total. The van der Waals surface area contributed by atoms with E-state index in [4.69, 9.17) is 27.9 Å². The Balaban J connectivity index is 2.20. The first-order chi connectivity index (χ1) is 9.51. The maximum absolute atomic E-state index is 14.0. The highest BCUT2D eigenvalue weighted by Crippen LogP contribution is 2.26. The van der Waals surface area contributed by atoms with E-state index in [1.54, 1.807) is 19.1 Å². The highest BCUT2D eigenvalue weighted by molar-refractivity contribution is 6.32. The molecule has 2 rings (SSSR count). The van der Waals surface area contributed by atoms with Crippen LogP contribution in [0.3, 0.4) is 0 Å². The van der Waals surface area contributed by atoms with Crippen LogP contribution in [0.2, 0.25) is 10.4 Å². The molecule has 0 amide bonds. The molecular formula is C13H12Cl2FN3O. The van der Waals surface area contributed by atoms with Crippen LogP contribution >= 0.6 is 23.2 Å². The summed E-state index contributed by atoms with van der Waals surface area (Å²) in [5, 5.41) is 3.25. The van der Waals surface area contributed by atoms with Crippen molar-refractivity contribution < 1.29 is 9.13 Å². The van der Waals surface area contributed by atoms with Gasteiger partial charge in [-0.05, 0) is 30.2 Å². The summed E-state index contributed by atoms with van der Waals surface area (Å²) in [4.78, 5) is 7.66. The zero-order valence-electron chi connectivity index (χ0n) is 10.9. The standard InChI is InChI=1S/C13H12Cl2FN3O/c1-7-3-9(20-2)4-10(11(7)16)17-5-8-6-18-13(15)19-12(8)14/h3-4,6,17H,5H2,1-2H3. The van der Waals surface area contributed by atoms with Crippen molar-refractivity contribution in [2.24, 2.45) is 0 Å². The summed E-state index contributed by atoms with van der Waals surface area (Å²) in [7, 11) is 1.53. The van der Waals surface area contributed by atoms with Crippen LogP contribution < -0.4 is 10.1 Å². The van der Waals surface area contributed by atoms with Gasteiger partial charge in [-0.1, -0.05) is 11.6 Å². The lowest BCUT2D eigenvalue weighted by atomic mass is 10.2. The Morgan fingerprint density at radius 1 is 1.35 bits per heavy atom. The first-order valence-corrected chi connectivity index (χ1v) is 6.51. The first kappa shape index (κ1) is 14.8. The molecule has 0 aliphatic rings. The van der Waals surface area contributed by atoms with E-state index in [-0.39, 0.29) is 22.8 Å². The predicted octanol–water partition coefficient (Wildman–Crippen LogP) is 3.85. The molecule has 1 aromatic heterocycles. The van der Waals surface area contributed by atoms with E-state index in [1.807, 2.05) is 0 Å². The third-order valence-corrected chi connectivity index (χ3v) is 3.22. The van der Waals surface area contributed by atoms with Crippen LogP contribution in [0, 0.1) is 12.7 Å². The van der Waals surface area contributed by atoms with Gasteiger partial charge in [-0.15, -0.1) is 0 Å². The number of nitrogens with zero attached hydrogens (tertiary/aromatic N) is 2. The van der Waals surface area contributed by atoms with Crippen molar-refractivity contribution in [3.63, 3.8) is 0 Å². The van der Waals surface area contributed by atoms with Gasteiger partial charge in [0.1, 0.15) is 16.7 Å². The molecule has 2 aromatic rings. The second-order valence-electron chi connectivity index (χ2n) is 4.11. The molecule has 106 valence electrons. The fourth-order valence-electron chi connectivity index (χ4n) is 1.66. The summed E-state index contributed by atoms with van der Waals surface area (Å²) in [5.41, 5.74) is 1.44. The van der Waals surface area contributed by atoms with Crippen molar-refractivity contribution in [2.75, 3.05) is 12.4 Å². The van der Waals surface area contributed by atoms with E-state index < -0.39 is 0 Å². The quantitative estimate of drug-likeness (QED) is 0.687. The van der Waals surface area contributed by atoms with Gasteiger partial charge in [0.05, 0.1) is 12.8 Å². The van der Waals surface area contributed by atoms with Gasteiger partial charge in [0.15, 0.2) is 0 Å². The zero-order chi connectivity index (χ0) is 14.7. The monoisotopic (exact) mass is 315 g/mol. The molecule has 0 unspecified atom stereocenters. The van der Waals surface area contributed by atoms with Gasteiger partial charge < -0.3 is 10.1 Å². The highest BCUT2D eigenvalue weighted by atomic mass is 35.5. The van der Waals surface area contributed by atoms with Crippen LogP contribution in [0.4, 0.5) is 10.1 Å². The maximum atomic E-state index is 14.0. The molecule has 0 aliphatic carbocycles. The summed E-state index contributed by atoms with van der Waals surface area (Å²) in [6, 6.07) is 3.20. The molecule has 1 heterocycles. The molecule has 0 spiro atoms. The van der Waals surface area contributed by atoms with Gasteiger partial charge in [0, 0.05) is 24.4 Å². The summed E-state index contributed by atoms with van der Waals surface area (Å²) < 4.78 is 19.1. The molecule has 0 atom stereocenters. The lowest BCUT2D eigenvalue weighted by Crippen LogP contribution is -2.05. The van der Waals surface area contributed by atoms with Crippen molar-refractivity contribution in [2.45, 2.75) is 13.5 Å². The number of benzene rings is 1. The van der Waals surface area contributed by atoms with Gasteiger partial charge in [0.2, 0.25) is 5.28 Å². The lowest BCUT2D eigenvalue weighted by Gasteiger charge is -2.12. The van der Waals surface area contributed by atoms with Crippen molar-refractivity contribution in [1.82, 2.24) is 9.97 Å². The van der Waals surface area contributed by atoms with Gasteiger partial charge in [-0.2, -0.15) is 0 Å². The lowest BCUT2D eigenvalue weighted by molar-refractivity contribution is 0.413. The second-order valence-corrected chi connectivity index (χ2v) is 4.81. The van der Waals surface area contributed by atoms with Crippen LogP contribution in [0.15, 0.2) is 18.3 Å². The van der Waals surface area contributed by atoms with Crippen LogP contribution in [0.1, 0.15) is 11.1 Å². The Morgan fingerprint density at radius 2 is 2.10 bits per heavy atom. The van der Waals surface area contributed by atoms with E-state index in [1.165, 1.54) is 13.3 Å².